The van der Waals surface area contributed by atoms with E-state index in [1.165, 1.54) is 11.0 Å². The number of hydrogen-bond acceptors (Lipinski definition) is 2. The van der Waals surface area contributed by atoms with Crippen molar-refractivity contribution in [3.8, 4) is 0 Å². The zero-order valence-corrected chi connectivity index (χ0v) is 12.0. The molecule has 1 saturated heterocycles. The molecule has 1 atom stereocenters. The summed E-state index contributed by atoms with van der Waals surface area (Å²) in [6.07, 6.45) is 0.291. The van der Waals surface area contributed by atoms with E-state index in [9.17, 15) is 9.18 Å². The highest BCUT2D eigenvalue weighted by Gasteiger charge is 2.32. The molecule has 1 aromatic rings. The van der Waals surface area contributed by atoms with Crippen LogP contribution in [0.15, 0.2) is 21.7 Å². The average molecular weight is 348 g/mol. The Morgan fingerprint density at radius 2 is 2.37 bits per heavy atom. The lowest BCUT2D eigenvalue weighted by atomic mass is 10.1. The van der Waals surface area contributed by atoms with Crippen molar-refractivity contribution in [1.82, 2.24) is 0 Å². The summed E-state index contributed by atoms with van der Waals surface area (Å²) in [5.41, 5.74) is 8.74. The summed E-state index contributed by atoms with van der Waals surface area (Å²) in [4.78, 5) is 16.1. The lowest BCUT2D eigenvalue weighted by Gasteiger charge is -2.19. The van der Waals surface area contributed by atoms with Gasteiger partial charge in [-0.05, 0) is 39.5 Å². The maximum Gasteiger partial charge on any atom is 0.227 e. The quantitative estimate of drug-likeness (QED) is 0.464. The molecule has 0 radical (unpaired) electrons. The van der Waals surface area contributed by atoms with Crippen LogP contribution in [0, 0.1) is 11.7 Å². The summed E-state index contributed by atoms with van der Waals surface area (Å²) in [6, 6.07) is 2.42. The van der Waals surface area contributed by atoms with Crippen LogP contribution in [-0.2, 0) is 4.79 Å². The van der Waals surface area contributed by atoms with Crippen LogP contribution in [-0.4, -0.2) is 19.0 Å². The third kappa shape index (κ3) is 3.00. The number of rotatable bonds is 3. The summed E-state index contributed by atoms with van der Waals surface area (Å²) in [5.74, 6) is -0.637. The van der Waals surface area contributed by atoms with Crippen molar-refractivity contribution < 1.29 is 9.18 Å². The molecule has 0 bridgehead atoms. The largest absolute Gasteiger partial charge is 0.310 e. The Bertz CT molecular complexity index is 553. The molecule has 0 aromatic heterocycles. The van der Waals surface area contributed by atoms with Gasteiger partial charge >= 0.3 is 0 Å². The molecule has 0 N–H and O–H groups in total. The number of carbonyl (C=O) groups is 1. The molecule has 1 heterocycles. The molecule has 1 unspecified atom stereocenters. The molecule has 5 nitrogen and oxygen atoms in total. The highest BCUT2D eigenvalue weighted by Crippen LogP contribution is 2.38. The molecule has 2 rings (SSSR count). The summed E-state index contributed by atoms with van der Waals surface area (Å²) >= 11 is 9.19. The molecule has 8 heteroatoms. The minimum absolute atomic E-state index is 0.0450. The molecule has 0 spiro atoms. The van der Waals surface area contributed by atoms with Crippen LogP contribution < -0.4 is 4.90 Å². The number of anilines is 1. The smallest absolute Gasteiger partial charge is 0.227 e. The van der Waals surface area contributed by atoms with Crippen molar-refractivity contribution >= 4 is 39.1 Å². The maximum absolute atomic E-state index is 13.2. The molecular weight excluding hydrogens is 339 g/mol. The van der Waals surface area contributed by atoms with E-state index < -0.39 is 5.82 Å². The minimum Gasteiger partial charge on any atom is -0.310 e. The lowest BCUT2D eigenvalue weighted by Crippen LogP contribution is -2.25. The molecular formula is C11H9BrClFN4O. The molecule has 1 fully saturated rings. The first-order valence-electron chi connectivity index (χ1n) is 5.48. The average Bonchev–Trinajstić information content (AvgIpc) is 2.67. The SMILES string of the molecule is [N-]=[N+]=NCC1CC(=O)N(c2c(Cl)cc(F)cc2Br)C1. The normalized spacial score (nSPS) is 18.6. The van der Waals surface area contributed by atoms with Crippen LogP contribution in [0.2, 0.25) is 5.02 Å². The van der Waals surface area contributed by atoms with Gasteiger partial charge in [0.15, 0.2) is 0 Å². The second kappa shape index (κ2) is 5.77. The first kappa shape index (κ1) is 14.1. The number of amides is 1. The van der Waals surface area contributed by atoms with E-state index >= 15 is 0 Å². The van der Waals surface area contributed by atoms with E-state index in [-0.39, 0.29) is 23.4 Å². The van der Waals surface area contributed by atoms with Gasteiger partial charge in [-0.15, -0.1) is 0 Å². The van der Waals surface area contributed by atoms with Crippen molar-refractivity contribution in [2.24, 2.45) is 11.0 Å². The Kier molecular flexibility index (Phi) is 4.29. The zero-order chi connectivity index (χ0) is 14.0. The van der Waals surface area contributed by atoms with Gasteiger partial charge in [0.2, 0.25) is 5.91 Å². The molecule has 19 heavy (non-hydrogen) atoms. The summed E-state index contributed by atoms with van der Waals surface area (Å²) in [6.45, 7) is 0.664. The topological polar surface area (TPSA) is 69.1 Å². The van der Waals surface area contributed by atoms with Crippen LogP contribution >= 0.6 is 27.5 Å². The highest BCUT2D eigenvalue weighted by molar-refractivity contribution is 9.10. The van der Waals surface area contributed by atoms with Gasteiger partial charge in [0.1, 0.15) is 5.82 Å². The Balaban J connectivity index is 2.28. The molecule has 1 aromatic carbocycles. The molecule has 0 aliphatic carbocycles. The Labute approximate surface area is 122 Å². The van der Waals surface area contributed by atoms with Crippen LogP contribution in [0.1, 0.15) is 6.42 Å². The van der Waals surface area contributed by atoms with Gasteiger partial charge in [0, 0.05) is 28.9 Å². The predicted molar refractivity (Wildman–Crippen MR) is 73.6 cm³/mol. The number of carbonyl (C=O) groups excluding carboxylic acids is 1. The first-order valence-corrected chi connectivity index (χ1v) is 6.65. The highest BCUT2D eigenvalue weighted by atomic mass is 79.9. The Morgan fingerprint density at radius 1 is 1.63 bits per heavy atom. The third-order valence-electron chi connectivity index (χ3n) is 2.86. The van der Waals surface area contributed by atoms with Crippen molar-refractivity contribution in [3.63, 3.8) is 0 Å². The second-order valence-electron chi connectivity index (χ2n) is 4.21. The number of halogens is 3. The number of azide groups is 1. The van der Waals surface area contributed by atoms with Gasteiger partial charge < -0.3 is 4.90 Å². The van der Waals surface area contributed by atoms with Crippen LogP contribution in [0.3, 0.4) is 0 Å². The predicted octanol–water partition coefficient (Wildman–Crippen LogP) is 3.90. The van der Waals surface area contributed by atoms with Crippen molar-refractivity contribution in [1.29, 1.82) is 0 Å². The van der Waals surface area contributed by atoms with Crippen LogP contribution in [0.25, 0.3) is 10.4 Å². The molecule has 0 saturated carbocycles. The van der Waals surface area contributed by atoms with Crippen LogP contribution in [0.5, 0.6) is 0 Å². The van der Waals surface area contributed by atoms with Crippen LogP contribution in [0.4, 0.5) is 10.1 Å². The van der Waals surface area contributed by atoms with Gasteiger partial charge in [0.25, 0.3) is 0 Å². The van der Waals surface area contributed by atoms with Crippen molar-refractivity contribution in [3.05, 3.63) is 37.9 Å². The van der Waals surface area contributed by atoms with E-state index in [1.807, 2.05) is 0 Å². The van der Waals surface area contributed by atoms with Gasteiger partial charge in [-0.3, -0.25) is 4.79 Å². The van der Waals surface area contributed by atoms with E-state index in [1.54, 1.807) is 0 Å². The fourth-order valence-corrected chi connectivity index (χ4v) is 3.13. The standard InChI is InChI=1S/C11H9BrClFN4O/c12-8-2-7(14)3-9(13)11(8)18-5-6(1-10(18)19)4-16-17-15/h2-3,6H,1,4-5H2. The monoisotopic (exact) mass is 346 g/mol. The fourth-order valence-electron chi connectivity index (χ4n) is 2.06. The molecule has 1 aliphatic rings. The molecule has 1 aliphatic heterocycles. The van der Waals surface area contributed by atoms with E-state index in [4.69, 9.17) is 17.1 Å². The Morgan fingerprint density at radius 3 is 3.00 bits per heavy atom. The van der Waals surface area contributed by atoms with Crippen molar-refractivity contribution in [2.75, 3.05) is 18.0 Å². The van der Waals surface area contributed by atoms with Gasteiger partial charge in [0.05, 0.1) is 10.7 Å². The zero-order valence-electron chi connectivity index (χ0n) is 9.68. The first-order chi connectivity index (χ1) is 9.02. The lowest BCUT2D eigenvalue weighted by molar-refractivity contribution is -0.117. The number of nitrogens with zero attached hydrogens (tertiary/aromatic N) is 4. The van der Waals surface area contributed by atoms with E-state index in [0.717, 1.165) is 6.07 Å². The van der Waals surface area contributed by atoms with Gasteiger partial charge in [-0.1, -0.05) is 16.7 Å². The Hall–Kier alpha value is -1.30. The van der Waals surface area contributed by atoms with E-state index in [2.05, 4.69) is 26.0 Å². The minimum atomic E-state index is -0.474. The number of hydrogen-bond donors (Lipinski definition) is 0. The summed E-state index contributed by atoms with van der Waals surface area (Å²) in [7, 11) is 0. The summed E-state index contributed by atoms with van der Waals surface area (Å²) in [5, 5.41) is 3.64. The third-order valence-corrected chi connectivity index (χ3v) is 3.75. The van der Waals surface area contributed by atoms with Crippen molar-refractivity contribution in [2.45, 2.75) is 6.42 Å². The fraction of sp³-hybridized carbons (Fsp3) is 0.364. The van der Waals surface area contributed by atoms with Gasteiger partial charge in [-0.25, -0.2) is 4.39 Å². The maximum atomic E-state index is 13.2. The van der Waals surface area contributed by atoms with E-state index in [0.29, 0.717) is 23.1 Å². The number of benzene rings is 1. The summed E-state index contributed by atoms with van der Waals surface area (Å²) < 4.78 is 13.6. The molecule has 100 valence electrons. The molecule has 1 amide bonds. The second-order valence-corrected chi connectivity index (χ2v) is 5.47. The van der Waals surface area contributed by atoms with Gasteiger partial charge in [-0.2, -0.15) is 0 Å².